The SMILES string of the molecule is CCOc1ccc(N(C(C)C(=O)NCCOc2cc(C)ccc2C)S(C)(=O)=O)cc1. The van der Waals surface area contributed by atoms with Gasteiger partial charge in [0.25, 0.3) is 0 Å². The molecule has 1 unspecified atom stereocenters. The Balaban J connectivity index is 2.00. The molecule has 0 aliphatic rings. The van der Waals surface area contributed by atoms with Crippen molar-refractivity contribution in [3.8, 4) is 11.5 Å². The van der Waals surface area contributed by atoms with E-state index in [4.69, 9.17) is 9.47 Å². The van der Waals surface area contributed by atoms with Gasteiger partial charge in [0, 0.05) is 0 Å². The molecule has 0 heterocycles. The molecule has 0 aliphatic heterocycles. The predicted octanol–water partition coefficient (Wildman–Crippen LogP) is 3.05. The number of hydrogen-bond donors (Lipinski definition) is 1. The maximum absolute atomic E-state index is 12.6. The maximum Gasteiger partial charge on any atom is 0.243 e. The Hall–Kier alpha value is -2.74. The molecule has 30 heavy (non-hydrogen) atoms. The second-order valence-corrected chi connectivity index (χ2v) is 8.93. The normalized spacial score (nSPS) is 12.2. The number of nitrogens with one attached hydrogen (secondary N) is 1. The van der Waals surface area contributed by atoms with Crippen LogP contribution in [-0.4, -0.2) is 46.4 Å². The molecule has 1 N–H and O–H groups in total. The number of benzene rings is 2. The topological polar surface area (TPSA) is 84.9 Å². The highest BCUT2D eigenvalue weighted by Crippen LogP contribution is 2.24. The molecule has 0 spiro atoms. The van der Waals surface area contributed by atoms with Crippen LogP contribution in [0.15, 0.2) is 42.5 Å². The van der Waals surface area contributed by atoms with E-state index in [-0.39, 0.29) is 13.2 Å². The van der Waals surface area contributed by atoms with Crippen molar-refractivity contribution in [3.63, 3.8) is 0 Å². The van der Waals surface area contributed by atoms with E-state index in [1.807, 2.05) is 39.0 Å². The first-order chi connectivity index (χ1) is 14.1. The summed E-state index contributed by atoms with van der Waals surface area (Å²) in [6, 6.07) is 11.6. The van der Waals surface area contributed by atoms with Gasteiger partial charge in [-0.05, 0) is 69.2 Å². The predicted molar refractivity (Wildman–Crippen MR) is 119 cm³/mol. The highest BCUT2D eigenvalue weighted by atomic mass is 32.2. The fraction of sp³-hybridized carbons (Fsp3) is 0.409. The lowest BCUT2D eigenvalue weighted by Gasteiger charge is -2.28. The summed E-state index contributed by atoms with van der Waals surface area (Å²) in [6.07, 6.45) is 1.08. The largest absolute Gasteiger partial charge is 0.494 e. The van der Waals surface area contributed by atoms with Crippen LogP contribution in [-0.2, 0) is 14.8 Å². The zero-order valence-electron chi connectivity index (χ0n) is 18.1. The Morgan fingerprint density at radius 3 is 2.37 bits per heavy atom. The van der Waals surface area contributed by atoms with E-state index in [2.05, 4.69) is 5.32 Å². The van der Waals surface area contributed by atoms with E-state index in [0.717, 1.165) is 27.4 Å². The molecule has 2 aromatic rings. The minimum absolute atomic E-state index is 0.261. The van der Waals surface area contributed by atoms with Crippen LogP contribution in [0, 0.1) is 13.8 Å². The number of rotatable bonds is 10. The Labute approximate surface area is 179 Å². The monoisotopic (exact) mass is 434 g/mol. The van der Waals surface area contributed by atoms with Gasteiger partial charge in [0.1, 0.15) is 24.1 Å². The molecule has 0 bridgehead atoms. The Bertz CT molecular complexity index is 958. The van der Waals surface area contributed by atoms with Gasteiger partial charge < -0.3 is 14.8 Å². The van der Waals surface area contributed by atoms with Gasteiger partial charge >= 0.3 is 0 Å². The molecule has 8 heteroatoms. The van der Waals surface area contributed by atoms with E-state index in [0.29, 0.717) is 18.0 Å². The van der Waals surface area contributed by atoms with Gasteiger partial charge in [-0.25, -0.2) is 8.42 Å². The van der Waals surface area contributed by atoms with Crippen molar-refractivity contribution < 1.29 is 22.7 Å². The van der Waals surface area contributed by atoms with E-state index >= 15 is 0 Å². The Kier molecular flexibility index (Phi) is 8.11. The van der Waals surface area contributed by atoms with Crippen molar-refractivity contribution in [2.45, 2.75) is 33.7 Å². The summed E-state index contributed by atoms with van der Waals surface area (Å²) in [7, 11) is -3.67. The molecule has 0 fully saturated rings. The van der Waals surface area contributed by atoms with Gasteiger partial charge in [0.05, 0.1) is 25.1 Å². The van der Waals surface area contributed by atoms with Gasteiger partial charge in [-0.2, -0.15) is 0 Å². The van der Waals surface area contributed by atoms with Crippen LogP contribution in [0.1, 0.15) is 25.0 Å². The number of sulfonamides is 1. The van der Waals surface area contributed by atoms with E-state index in [1.54, 1.807) is 31.2 Å². The highest BCUT2D eigenvalue weighted by Gasteiger charge is 2.29. The van der Waals surface area contributed by atoms with Crippen molar-refractivity contribution in [1.29, 1.82) is 0 Å². The quantitative estimate of drug-likeness (QED) is 0.581. The van der Waals surface area contributed by atoms with Crippen LogP contribution >= 0.6 is 0 Å². The molecule has 0 radical (unpaired) electrons. The summed E-state index contributed by atoms with van der Waals surface area (Å²) >= 11 is 0. The molecular weight excluding hydrogens is 404 g/mol. The Morgan fingerprint density at radius 1 is 1.10 bits per heavy atom. The fourth-order valence-electron chi connectivity index (χ4n) is 3.01. The fourth-order valence-corrected chi connectivity index (χ4v) is 4.19. The molecular formula is C22H30N2O5S. The van der Waals surface area contributed by atoms with Crippen LogP contribution in [0.5, 0.6) is 11.5 Å². The number of amides is 1. The smallest absolute Gasteiger partial charge is 0.243 e. The number of hydrogen-bond acceptors (Lipinski definition) is 5. The molecule has 0 aromatic heterocycles. The van der Waals surface area contributed by atoms with Gasteiger partial charge in [0.15, 0.2) is 0 Å². The minimum Gasteiger partial charge on any atom is -0.494 e. The molecule has 0 saturated heterocycles. The lowest BCUT2D eigenvalue weighted by molar-refractivity contribution is -0.121. The first kappa shape index (κ1) is 23.5. The number of anilines is 1. The first-order valence-electron chi connectivity index (χ1n) is 9.83. The summed E-state index contributed by atoms with van der Waals surface area (Å²) in [5.41, 5.74) is 2.50. The number of ether oxygens (including phenoxy) is 2. The minimum atomic E-state index is -3.67. The van der Waals surface area contributed by atoms with Crippen molar-refractivity contribution in [2.24, 2.45) is 0 Å². The highest BCUT2D eigenvalue weighted by molar-refractivity contribution is 7.92. The second-order valence-electron chi connectivity index (χ2n) is 7.07. The summed E-state index contributed by atoms with van der Waals surface area (Å²) < 4.78 is 37.0. The molecule has 2 aromatic carbocycles. The van der Waals surface area contributed by atoms with E-state index < -0.39 is 22.0 Å². The van der Waals surface area contributed by atoms with E-state index in [1.165, 1.54) is 0 Å². The molecule has 2 rings (SSSR count). The third-order valence-electron chi connectivity index (χ3n) is 4.49. The van der Waals surface area contributed by atoms with Gasteiger partial charge in [-0.15, -0.1) is 0 Å². The number of carbonyl (C=O) groups is 1. The zero-order chi connectivity index (χ0) is 22.3. The average molecular weight is 435 g/mol. The van der Waals surface area contributed by atoms with Crippen molar-refractivity contribution in [3.05, 3.63) is 53.6 Å². The van der Waals surface area contributed by atoms with Crippen molar-refractivity contribution >= 4 is 21.6 Å². The van der Waals surface area contributed by atoms with E-state index in [9.17, 15) is 13.2 Å². The lowest BCUT2D eigenvalue weighted by atomic mass is 10.1. The van der Waals surface area contributed by atoms with Crippen LogP contribution in [0.25, 0.3) is 0 Å². The van der Waals surface area contributed by atoms with Crippen LogP contribution in [0.3, 0.4) is 0 Å². The third kappa shape index (κ3) is 6.38. The number of carbonyl (C=O) groups excluding carboxylic acids is 1. The van der Waals surface area contributed by atoms with Crippen LogP contribution in [0.2, 0.25) is 0 Å². The summed E-state index contributed by atoms with van der Waals surface area (Å²) in [6.45, 7) is 8.42. The molecule has 1 atom stereocenters. The van der Waals surface area contributed by atoms with Gasteiger partial charge in [0.2, 0.25) is 15.9 Å². The molecule has 0 aliphatic carbocycles. The Morgan fingerprint density at radius 2 is 1.77 bits per heavy atom. The second kappa shape index (κ2) is 10.3. The lowest BCUT2D eigenvalue weighted by Crippen LogP contribution is -2.48. The first-order valence-corrected chi connectivity index (χ1v) is 11.7. The van der Waals surface area contributed by atoms with Gasteiger partial charge in [-0.1, -0.05) is 12.1 Å². The molecule has 164 valence electrons. The summed E-state index contributed by atoms with van der Waals surface area (Å²) in [5, 5.41) is 2.75. The zero-order valence-corrected chi connectivity index (χ0v) is 19.0. The van der Waals surface area contributed by atoms with Crippen molar-refractivity contribution in [2.75, 3.05) is 30.3 Å². The molecule has 1 amide bonds. The molecule has 0 saturated carbocycles. The third-order valence-corrected chi connectivity index (χ3v) is 5.73. The maximum atomic E-state index is 12.6. The van der Waals surface area contributed by atoms with Gasteiger partial charge in [-0.3, -0.25) is 9.10 Å². The summed E-state index contributed by atoms with van der Waals surface area (Å²) in [5.74, 6) is 0.999. The number of aryl methyl sites for hydroxylation is 2. The summed E-state index contributed by atoms with van der Waals surface area (Å²) in [4.78, 5) is 12.6. The van der Waals surface area contributed by atoms with Crippen LogP contribution in [0.4, 0.5) is 5.69 Å². The van der Waals surface area contributed by atoms with Crippen LogP contribution < -0.4 is 19.1 Å². The average Bonchev–Trinajstić information content (AvgIpc) is 2.68. The van der Waals surface area contributed by atoms with Crippen molar-refractivity contribution in [1.82, 2.24) is 5.32 Å². The molecule has 7 nitrogen and oxygen atoms in total. The standard InChI is InChI=1S/C22H30N2O5S/c1-6-28-20-11-9-19(10-12-20)24(30(5,26)27)18(4)22(25)23-13-14-29-21-15-16(2)7-8-17(21)3/h7-12,15,18H,6,13-14H2,1-5H3,(H,23,25). The number of nitrogens with zero attached hydrogens (tertiary/aromatic N) is 1.